The van der Waals surface area contributed by atoms with Crippen LogP contribution in [0.1, 0.15) is 16.3 Å². The summed E-state index contributed by atoms with van der Waals surface area (Å²) in [6, 6.07) is 5.50. The van der Waals surface area contributed by atoms with E-state index in [1.807, 2.05) is 7.05 Å². The van der Waals surface area contributed by atoms with Gasteiger partial charge in [0.1, 0.15) is 5.82 Å². The van der Waals surface area contributed by atoms with E-state index in [2.05, 4.69) is 33.2 Å². The molecule has 2 heterocycles. The number of methoxy groups -OCH3 is 2. The first-order chi connectivity index (χ1) is 12.0. The van der Waals surface area contributed by atoms with Crippen LogP contribution in [-0.2, 0) is 13.1 Å². The number of fused-ring (bicyclic) bond motifs is 1. The molecule has 0 saturated heterocycles. The van der Waals surface area contributed by atoms with Gasteiger partial charge in [0.15, 0.2) is 11.5 Å². The Balaban J connectivity index is 1.89. The van der Waals surface area contributed by atoms with Crippen LogP contribution in [0.25, 0.3) is 10.9 Å². The zero-order valence-electron chi connectivity index (χ0n) is 14.8. The van der Waals surface area contributed by atoms with Gasteiger partial charge in [0, 0.05) is 17.5 Å². The first kappa shape index (κ1) is 17.4. The second kappa shape index (κ2) is 7.25. The fraction of sp³-hybridized carbons (Fsp3) is 0.333. The van der Waals surface area contributed by atoms with Crippen molar-refractivity contribution in [1.82, 2.24) is 14.9 Å². The van der Waals surface area contributed by atoms with Crippen LogP contribution >= 0.6 is 11.3 Å². The molecule has 0 unspecified atom stereocenters. The normalized spacial score (nSPS) is 11.2. The Morgan fingerprint density at radius 1 is 1.20 bits per heavy atom. The number of benzene rings is 1. The van der Waals surface area contributed by atoms with Crippen molar-refractivity contribution in [2.75, 3.05) is 21.3 Å². The van der Waals surface area contributed by atoms with Crippen molar-refractivity contribution in [3.8, 4) is 11.5 Å². The van der Waals surface area contributed by atoms with E-state index in [-0.39, 0.29) is 5.56 Å². The number of hydrogen-bond acceptors (Lipinski definition) is 6. The topological polar surface area (TPSA) is 67.5 Å². The van der Waals surface area contributed by atoms with E-state index in [0.29, 0.717) is 34.8 Å². The van der Waals surface area contributed by atoms with Crippen molar-refractivity contribution in [2.24, 2.45) is 0 Å². The Hall–Kier alpha value is -2.38. The Morgan fingerprint density at radius 2 is 1.92 bits per heavy atom. The summed E-state index contributed by atoms with van der Waals surface area (Å²) in [7, 11) is 5.12. The lowest BCUT2D eigenvalue weighted by molar-refractivity contribution is 0.313. The first-order valence-corrected chi connectivity index (χ1v) is 8.76. The van der Waals surface area contributed by atoms with Crippen LogP contribution in [0.2, 0.25) is 0 Å². The third-order valence-electron chi connectivity index (χ3n) is 4.06. The minimum atomic E-state index is -0.179. The van der Waals surface area contributed by atoms with Gasteiger partial charge in [0.25, 0.3) is 5.56 Å². The second-order valence-electron chi connectivity index (χ2n) is 5.94. The summed E-state index contributed by atoms with van der Waals surface area (Å²) < 4.78 is 10.6. The van der Waals surface area contributed by atoms with Gasteiger partial charge in [0.05, 0.1) is 31.7 Å². The Morgan fingerprint density at radius 3 is 2.56 bits per heavy atom. The summed E-state index contributed by atoms with van der Waals surface area (Å²) in [6.45, 7) is 3.48. The van der Waals surface area contributed by atoms with Gasteiger partial charge in [-0.15, -0.1) is 11.3 Å². The standard InChI is InChI=1S/C18H21N3O3S/c1-11-5-6-25-16(11)9-21(2)10-17-19-13-8-15(24-4)14(23-3)7-12(13)18(22)20-17/h5-8H,9-10H2,1-4H3,(H,19,20,22). The van der Waals surface area contributed by atoms with Crippen LogP contribution in [0.5, 0.6) is 11.5 Å². The van der Waals surface area contributed by atoms with Gasteiger partial charge in [-0.05, 0) is 37.0 Å². The molecule has 0 radical (unpaired) electrons. The summed E-state index contributed by atoms with van der Waals surface area (Å²) in [5, 5.41) is 2.58. The van der Waals surface area contributed by atoms with E-state index in [1.54, 1.807) is 37.7 Å². The van der Waals surface area contributed by atoms with E-state index < -0.39 is 0 Å². The molecule has 3 aromatic rings. The molecule has 0 spiro atoms. The number of ether oxygens (including phenoxy) is 2. The molecule has 1 aromatic carbocycles. The molecule has 0 bridgehead atoms. The summed E-state index contributed by atoms with van der Waals surface area (Å²) >= 11 is 1.74. The third-order valence-corrected chi connectivity index (χ3v) is 5.07. The van der Waals surface area contributed by atoms with Crippen molar-refractivity contribution in [2.45, 2.75) is 20.0 Å². The van der Waals surface area contributed by atoms with E-state index in [9.17, 15) is 4.79 Å². The molecule has 0 aliphatic heterocycles. The maximum absolute atomic E-state index is 12.4. The van der Waals surface area contributed by atoms with Crippen molar-refractivity contribution in [3.63, 3.8) is 0 Å². The molecule has 0 amide bonds. The molecule has 0 fully saturated rings. The monoisotopic (exact) mass is 359 g/mol. The highest BCUT2D eigenvalue weighted by molar-refractivity contribution is 7.10. The molecule has 25 heavy (non-hydrogen) atoms. The summed E-state index contributed by atoms with van der Waals surface area (Å²) in [6.07, 6.45) is 0. The molecule has 0 atom stereocenters. The minimum Gasteiger partial charge on any atom is -0.493 e. The number of aromatic amines is 1. The van der Waals surface area contributed by atoms with Gasteiger partial charge in [-0.2, -0.15) is 0 Å². The highest BCUT2D eigenvalue weighted by atomic mass is 32.1. The average molecular weight is 359 g/mol. The van der Waals surface area contributed by atoms with Gasteiger partial charge >= 0.3 is 0 Å². The predicted octanol–water partition coefficient (Wildman–Crippen LogP) is 2.94. The lowest BCUT2D eigenvalue weighted by Gasteiger charge is -2.16. The third kappa shape index (κ3) is 3.67. The van der Waals surface area contributed by atoms with E-state index >= 15 is 0 Å². The van der Waals surface area contributed by atoms with Gasteiger partial charge in [-0.3, -0.25) is 9.69 Å². The molecule has 1 N–H and O–H groups in total. The molecule has 0 aliphatic rings. The maximum atomic E-state index is 12.4. The number of hydrogen-bond donors (Lipinski definition) is 1. The molecule has 7 heteroatoms. The average Bonchev–Trinajstić information content (AvgIpc) is 2.98. The molecular formula is C18H21N3O3S. The maximum Gasteiger partial charge on any atom is 0.258 e. The molecule has 0 saturated carbocycles. The van der Waals surface area contributed by atoms with Crippen molar-refractivity contribution in [1.29, 1.82) is 0 Å². The first-order valence-electron chi connectivity index (χ1n) is 7.88. The largest absolute Gasteiger partial charge is 0.493 e. The Labute approximate surface area is 150 Å². The number of aryl methyl sites for hydroxylation is 1. The molecule has 0 aliphatic carbocycles. The van der Waals surface area contributed by atoms with Crippen molar-refractivity contribution in [3.05, 3.63) is 50.2 Å². The number of nitrogens with one attached hydrogen (secondary N) is 1. The number of H-pyrrole nitrogens is 1. The molecule has 132 valence electrons. The van der Waals surface area contributed by atoms with Gasteiger partial charge in [0.2, 0.25) is 0 Å². The van der Waals surface area contributed by atoms with Crippen LogP contribution in [0.15, 0.2) is 28.4 Å². The van der Waals surface area contributed by atoms with Crippen molar-refractivity contribution < 1.29 is 9.47 Å². The quantitative estimate of drug-likeness (QED) is 0.733. The molecule has 3 rings (SSSR count). The SMILES string of the molecule is COc1cc2nc(CN(C)Cc3sccc3C)[nH]c(=O)c2cc1OC. The highest BCUT2D eigenvalue weighted by Crippen LogP contribution is 2.30. The minimum absolute atomic E-state index is 0.179. The smallest absolute Gasteiger partial charge is 0.258 e. The summed E-state index contributed by atoms with van der Waals surface area (Å²) in [5.41, 5.74) is 1.70. The number of thiophene rings is 1. The predicted molar refractivity (Wildman–Crippen MR) is 99.7 cm³/mol. The molecular weight excluding hydrogens is 338 g/mol. The fourth-order valence-electron chi connectivity index (χ4n) is 2.71. The van der Waals surface area contributed by atoms with E-state index in [1.165, 1.54) is 10.4 Å². The second-order valence-corrected chi connectivity index (χ2v) is 6.94. The van der Waals surface area contributed by atoms with Gasteiger partial charge in [-0.1, -0.05) is 0 Å². The van der Waals surface area contributed by atoms with Crippen molar-refractivity contribution >= 4 is 22.2 Å². The van der Waals surface area contributed by atoms with Crippen LogP contribution in [0, 0.1) is 6.92 Å². The van der Waals surface area contributed by atoms with E-state index in [4.69, 9.17) is 9.47 Å². The lowest BCUT2D eigenvalue weighted by Crippen LogP contribution is -2.21. The van der Waals surface area contributed by atoms with Crippen LogP contribution in [-0.4, -0.2) is 36.1 Å². The zero-order valence-corrected chi connectivity index (χ0v) is 15.6. The summed E-state index contributed by atoms with van der Waals surface area (Å²) in [5.74, 6) is 1.70. The number of aromatic nitrogens is 2. The van der Waals surface area contributed by atoms with Gasteiger partial charge in [-0.25, -0.2) is 4.98 Å². The summed E-state index contributed by atoms with van der Waals surface area (Å²) in [4.78, 5) is 23.3. The van der Waals surface area contributed by atoms with Gasteiger partial charge < -0.3 is 14.5 Å². The van der Waals surface area contributed by atoms with Crippen LogP contribution < -0.4 is 15.0 Å². The molecule has 2 aromatic heterocycles. The lowest BCUT2D eigenvalue weighted by atomic mass is 10.2. The van der Waals surface area contributed by atoms with Crippen LogP contribution in [0.3, 0.4) is 0 Å². The highest BCUT2D eigenvalue weighted by Gasteiger charge is 2.12. The zero-order chi connectivity index (χ0) is 18.0. The Kier molecular flexibility index (Phi) is 5.06. The van der Waals surface area contributed by atoms with E-state index in [0.717, 1.165) is 6.54 Å². The fourth-order valence-corrected chi connectivity index (χ4v) is 3.70. The van der Waals surface area contributed by atoms with Crippen LogP contribution in [0.4, 0.5) is 0 Å². The molecule has 6 nitrogen and oxygen atoms in total. The number of rotatable bonds is 6. The Bertz CT molecular complexity index is 948. The number of nitrogens with zero attached hydrogens (tertiary/aromatic N) is 2.